The van der Waals surface area contributed by atoms with Crippen LogP contribution in [0.3, 0.4) is 0 Å². The predicted molar refractivity (Wildman–Crippen MR) is 71.1 cm³/mol. The second-order valence-electron chi connectivity index (χ2n) is 4.76. The third-order valence-electron chi connectivity index (χ3n) is 3.80. The van der Waals surface area contributed by atoms with Gasteiger partial charge >= 0.3 is 0 Å². The van der Waals surface area contributed by atoms with Gasteiger partial charge in [0.25, 0.3) is 0 Å². The van der Waals surface area contributed by atoms with Crippen LogP contribution in [0.2, 0.25) is 0 Å². The van der Waals surface area contributed by atoms with E-state index >= 15 is 0 Å². The Morgan fingerprint density at radius 3 is 3.12 bits per heavy atom. The molecule has 0 aliphatic carbocycles. The lowest BCUT2D eigenvalue weighted by Gasteiger charge is -2.40. The predicted octanol–water partition coefficient (Wildman–Crippen LogP) is 2.56. The first-order valence-corrected chi connectivity index (χ1v) is 6.86. The molecule has 0 radical (unpaired) electrons. The average molecular weight is 281 g/mol. The van der Waals surface area contributed by atoms with Crippen LogP contribution in [-0.4, -0.2) is 25.2 Å². The second-order valence-corrected chi connectivity index (χ2v) is 5.67. The third-order valence-corrected chi connectivity index (χ3v) is 4.29. The molecular weight excluding hydrogens is 264 g/mol. The van der Waals surface area contributed by atoms with Gasteiger partial charge in [-0.3, -0.25) is 0 Å². The maximum atomic E-state index is 3.58. The van der Waals surface area contributed by atoms with Crippen molar-refractivity contribution in [2.45, 2.75) is 31.8 Å². The number of hydrogen-bond donors (Lipinski definition) is 1. The van der Waals surface area contributed by atoms with E-state index in [0.717, 1.165) is 13.1 Å². The van der Waals surface area contributed by atoms with E-state index in [2.05, 4.69) is 51.3 Å². The summed E-state index contributed by atoms with van der Waals surface area (Å²) in [7, 11) is 0. The molecule has 0 amide bonds. The van der Waals surface area contributed by atoms with Crippen molar-refractivity contribution in [2.75, 3.05) is 18.0 Å². The first-order chi connectivity index (χ1) is 7.79. The van der Waals surface area contributed by atoms with Gasteiger partial charge in [0, 0.05) is 35.3 Å². The van der Waals surface area contributed by atoms with E-state index < -0.39 is 0 Å². The van der Waals surface area contributed by atoms with Crippen molar-refractivity contribution < 1.29 is 0 Å². The van der Waals surface area contributed by atoms with E-state index in [0.29, 0.717) is 12.1 Å². The van der Waals surface area contributed by atoms with Crippen LogP contribution < -0.4 is 10.2 Å². The molecule has 0 spiro atoms. The second kappa shape index (κ2) is 4.04. The van der Waals surface area contributed by atoms with Gasteiger partial charge in [-0.2, -0.15) is 0 Å². The Balaban J connectivity index is 2.01. The summed E-state index contributed by atoms with van der Waals surface area (Å²) in [4.78, 5) is 2.64. The summed E-state index contributed by atoms with van der Waals surface area (Å²) in [6, 6.07) is 8.04. The molecule has 86 valence electrons. The molecule has 0 unspecified atom stereocenters. The molecule has 1 N–H and O–H groups in total. The summed E-state index contributed by atoms with van der Waals surface area (Å²) in [5.74, 6) is 0. The van der Waals surface area contributed by atoms with Crippen LogP contribution >= 0.6 is 15.9 Å². The van der Waals surface area contributed by atoms with Gasteiger partial charge in [-0.25, -0.2) is 0 Å². The molecule has 0 aromatic heterocycles. The molecule has 2 nitrogen and oxygen atoms in total. The zero-order valence-electron chi connectivity index (χ0n) is 9.54. The number of anilines is 1. The Morgan fingerprint density at radius 1 is 1.44 bits per heavy atom. The minimum atomic E-state index is 0.661. The highest BCUT2D eigenvalue weighted by molar-refractivity contribution is 9.10. The molecule has 1 aromatic carbocycles. The maximum absolute atomic E-state index is 3.58. The molecule has 1 saturated heterocycles. The fourth-order valence-electron chi connectivity index (χ4n) is 3.02. The largest absolute Gasteiger partial charge is 0.362 e. The summed E-state index contributed by atoms with van der Waals surface area (Å²) in [5.41, 5.74) is 2.96. The number of halogens is 1. The van der Waals surface area contributed by atoms with Gasteiger partial charge < -0.3 is 10.2 Å². The van der Waals surface area contributed by atoms with Crippen molar-refractivity contribution in [2.24, 2.45) is 0 Å². The van der Waals surface area contributed by atoms with Crippen LogP contribution in [0.4, 0.5) is 5.69 Å². The Morgan fingerprint density at radius 2 is 2.31 bits per heavy atom. The fourth-order valence-corrected chi connectivity index (χ4v) is 3.37. The SMILES string of the molecule is CC[C@H]1CNC[C@@H]2Cc3ccc(Br)cc3N21. The Bertz CT molecular complexity index is 399. The molecule has 0 saturated carbocycles. The molecule has 16 heavy (non-hydrogen) atoms. The number of hydrogen-bond acceptors (Lipinski definition) is 2. The molecule has 1 fully saturated rings. The van der Waals surface area contributed by atoms with Crippen molar-refractivity contribution in [3.63, 3.8) is 0 Å². The Hall–Kier alpha value is -0.540. The highest BCUT2D eigenvalue weighted by Gasteiger charge is 2.35. The molecule has 2 aliphatic heterocycles. The van der Waals surface area contributed by atoms with Crippen molar-refractivity contribution in [3.8, 4) is 0 Å². The van der Waals surface area contributed by atoms with E-state index in [9.17, 15) is 0 Å². The molecule has 3 rings (SSSR count). The van der Waals surface area contributed by atoms with Crippen LogP contribution in [0.5, 0.6) is 0 Å². The molecule has 0 bridgehead atoms. The third kappa shape index (κ3) is 1.57. The van der Waals surface area contributed by atoms with Gasteiger partial charge in [0.15, 0.2) is 0 Å². The van der Waals surface area contributed by atoms with E-state index in [1.54, 1.807) is 0 Å². The monoisotopic (exact) mass is 280 g/mol. The number of benzene rings is 1. The Kier molecular flexibility index (Phi) is 2.68. The van der Waals surface area contributed by atoms with Crippen molar-refractivity contribution in [1.29, 1.82) is 0 Å². The molecule has 2 aliphatic rings. The molecular formula is C13H17BrN2. The summed E-state index contributed by atoms with van der Waals surface area (Å²) in [6.07, 6.45) is 2.42. The van der Waals surface area contributed by atoms with Crippen LogP contribution in [0, 0.1) is 0 Å². The lowest BCUT2D eigenvalue weighted by molar-refractivity contribution is 0.405. The average Bonchev–Trinajstić information content (AvgIpc) is 2.66. The highest BCUT2D eigenvalue weighted by atomic mass is 79.9. The number of nitrogens with one attached hydrogen (secondary N) is 1. The fraction of sp³-hybridized carbons (Fsp3) is 0.538. The summed E-state index contributed by atoms with van der Waals surface area (Å²) in [5, 5.41) is 3.55. The van der Waals surface area contributed by atoms with E-state index in [1.807, 2.05) is 0 Å². The zero-order chi connectivity index (χ0) is 11.1. The van der Waals surface area contributed by atoms with Gasteiger partial charge in [0.2, 0.25) is 0 Å². The standard InChI is InChI=1S/C13H17BrN2/c1-2-11-7-15-8-12-5-9-3-4-10(14)6-13(9)16(11)12/h3-4,6,11-12,15H,2,5,7-8H2,1H3/t11-,12-/m0/s1. The number of rotatable bonds is 1. The van der Waals surface area contributed by atoms with E-state index in [-0.39, 0.29) is 0 Å². The van der Waals surface area contributed by atoms with Gasteiger partial charge in [0.1, 0.15) is 0 Å². The molecule has 1 aromatic rings. The maximum Gasteiger partial charge on any atom is 0.0459 e. The number of fused-ring (bicyclic) bond motifs is 3. The normalized spacial score (nSPS) is 27.8. The smallest absolute Gasteiger partial charge is 0.0459 e. The first-order valence-electron chi connectivity index (χ1n) is 6.07. The van der Waals surface area contributed by atoms with Crippen molar-refractivity contribution in [1.82, 2.24) is 5.32 Å². The quantitative estimate of drug-likeness (QED) is 0.851. The minimum absolute atomic E-state index is 0.661. The number of piperazine rings is 1. The topological polar surface area (TPSA) is 15.3 Å². The number of nitrogens with zero attached hydrogens (tertiary/aromatic N) is 1. The van der Waals surface area contributed by atoms with Crippen LogP contribution in [0.1, 0.15) is 18.9 Å². The summed E-state index contributed by atoms with van der Waals surface area (Å²) < 4.78 is 1.19. The van der Waals surface area contributed by atoms with Gasteiger partial charge in [-0.1, -0.05) is 28.9 Å². The lowest BCUT2D eigenvalue weighted by Crippen LogP contribution is -2.55. The van der Waals surface area contributed by atoms with Crippen molar-refractivity contribution >= 4 is 21.6 Å². The van der Waals surface area contributed by atoms with Crippen LogP contribution in [-0.2, 0) is 6.42 Å². The minimum Gasteiger partial charge on any atom is -0.362 e. The molecule has 2 heterocycles. The first kappa shape index (κ1) is 10.6. The summed E-state index contributed by atoms with van der Waals surface area (Å²) >= 11 is 3.58. The van der Waals surface area contributed by atoms with Gasteiger partial charge in [-0.15, -0.1) is 0 Å². The van der Waals surface area contributed by atoms with Crippen molar-refractivity contribution in [3.05, 3.63) is 28.2 Å². The van der Waals surface area contributed by atoms with Crippen LogP contribution in [0.25, 0.3) is 0 Å². The highest BCUT2D eigenvalue weighted by Crippen LogP contribution is 2.37. The molecule has 2 atom stereocenters. The van der Waals surface area contributed by atoms with E-state index in [4.69, 9.17) is 0 Å². The van der Waals surface area contributed by atoms with E-state index in [1.165, 1.54) is 28.6 Å². The van der Waals surface area contributed by atoms with Gasteiger partial charge in [0.05, 0.1) is 0 Å². The lowest BCUT2D eigenvalue weighted by atomic mass is 10.1. The Labute approximate surface area is 105 Å². The zero-order valence-corrected chi connectivity index (χ0v) is 11.1. The summed E-state index contributed by atoms with van der Waals surface area (Å²) in [6.45, 7) is 4.53. The van der Waals surface area contributed by atoms with Crippen LogP contribution in [0.15, 0.2) is 22.7 Å². The van der Waals surface area contributed by atoms with Gasteiger partial charge in [-0.05, 0) is 30.5 Å². The molecule has 3 heteroatoms.